The van der Waals surface area contributed by atoms with Crippen molar-refractivity contribution < 1.29 is 0 Å². The number of aryl methyl sites for hydroxylation is 1. The summed E-state index contributed by atoms with van der Waals surface area (Å²) < 4.78 is 1.74. The largest absolute Gasteiger partial charge is 0.366 e. The Morgan fingerprint density at radius 1 is 1.15 bits per heavy atom. The van der Waals surface area contributed by atoms with Crippen molar-refractivity contribution in [2.24, 2.45) is 0 Å². The van der Waals surface area contributed by atoms with E-state index in [0.717, 1.165) is 22.9 Å². The summed E-state index contributed by atoms with van der Waals surface area (Å²) in [5, 5.41) is 7.48. The summed E-state index contributed by atoms with van der Waals surface area (Å²) in [7, 11) is 0. The molecule has 0 amide bonds. The summed E-state index contributed by atoms with van der Waals surface area (Å²) >= 11 is 0. The highest BCUT2D eigenvalue weighted by Gasteiger charge is 2.00. The zero-order valence-electron chi connectivity index (χ0n) is 11.2. The Labute approximate surface area is 117 Å². The van der Waals surface area contributed by atoms with Gasteiger partial charge in [0.15, 0.2) is 5.82 Å². The molecule has 20 heavy (non-hydrogen) atoms. The van der Waals surface area contributed by atoms with Gasteiger partial charge in [-0.05, 0) is 42.8 Å². The third kappa shape index (κ3) is 2.83. The number of rotatable bonds is 4. The molecule has 0 atom stereocenters. The topological polar surface area (TPSA) is 55.6 Å². The molecule has 0 aromatic carbocycles. The maximum absolute atomic E-state index is 4.42. The fourth-order valence-corrected chi connectivity index (χ4v) is 1.93. The van der Waals surface area contributed by atoms with Crippen LogP contribution in [-0.2, 0) is 6.54 Å². The molecule has 0 aliphatic heterocycles. The zero-order valence-corrected chi connectivity index (χ0v) is 11.2. The fourth-order valence-electron chi connectivity index (χ4n) is 1.93. The molecule has 3 rings (SSSR count). The smallest absolute Gasteiger partial charge is 0.153 e. The first-order valence-electron chi connectivity index (χ1n) is 6.44. The Morgan fingerprint density at radius 2 is 2.10 bits per heavy atom. The highest BCUT2D eigenvalue weighted by Crippen LogP contribution is 2.09. The fraction of sp³-hybridized carbons (Fsp3) is 0.133. The first kappa shape index (κ1) is 12.3. The highest BCUT2D eigenvalue weighted by atomic mass is 15.3. The lowest BCUT2D eigenvalue weighted by molar-refractivity contribution is 0.843. The van der Waals surface area contributed by atoms with E-state index in [-0.39, 0.29) is 0 Å². The third-order valence-electron chi connectivity index (χ3n) is 2.91. The van der Waals surface area contributed by atoms with E-state index in [1.165, 1.54) is 0 Å². The number of hydrogen-bond acceptors (Lipinski definition) is 4. The molecule has 1 N–H and O–H groups in total. The van der Waals surface area contributed by atoms with Crippen LogP contribution in [0.4, 0.5) is 5.82 Å². The maximum Gasteiger partial charge on any atom is 0.153 e. The van der Waals surface area contributed by atoms with Gasteiger partial charge >= 0.3 is 0 Å². The summed E-state index contributed by atoms with van der Waals surface area (Å²) in [5.74, 6) is 1.69. The summed E-state index contributed by atoms with van der Waals surface area (Å²) in [6, 6.07) is 11.8. The zero-order chi connectivity index (χ0) is 13.8. The van der Waals surface area contributed by atoms with Gasteiger partial charge in [-0.15, -0.1) is 0 Å². The predicted molar refractivity (Wildman–Crippen MR) is 77.7 cm³/mol. The van der Waals surface area contributed by atoms with Gasteiger partial charge < -0.3 is 5.32 Å². The average Bonchev–Trinajstić information content (AvgIpc) is 3.00. The molecule has 0 aliphatic rings. The van der Waals surface area contributed by atoms with Crippen molar-refractivity contribution in [3.05, 3.63) is 66.2 Å². The van der Waals surface area contributed by atoms with Crippen LogP contribution in [0, 0.1) is 6.92 Å². The molecule has 5 heteroatoms. The summed E-state index contributed by atoms with van der Waals surface area (Å²) in [5.41, 5.74) is 2.13. The van der Waals surface area contributed by atoms with E-state index in [0.29, 0.717) is 6.54 Å². The van der Waals surface area contributed by atoms with E-state index >= 15 is 0 Å². The molecule has 0 spiro atoms. The summed E-state index contributed by atoms with van der Waals surface area (Å²) in [4.78, 5) is 8.72. The standard InChI is InChI=1S/C15H15N5/c1-12-4-2-5-14(19-12)17-11-13-6-8-16-15(10-13)20-9-3-7-18-20/h2-10H,11H2,1H3,(H,17,19). The molecule has 100 valence electrons. The molecule has 5 nitrogen and oxygen atoms in total. The van der Waals surface area contributed by atoms with Crippen LogP contribution in [0.5, 0.6) is 0 Å². The van der Waals surface area contributed by atoms with E-state index in [1.807, 2.05) is 49.5 Å². The van der Waals surface area contributed by atoms with E-state index < -0.39 is 0 Å². The second-order valence-corrected chi connectivity index (χ2v) is 4.49. The lowest BCUT2D eigenvalue weighted by Gasteiger charge is -2.07. The van der Waals surface area contributed by atoms with Crippen molar-refractivity contribution in [2.45, 2.75) is 13.5 Å². The molecule has 3 aromatic heterocycles. The summed E-state index contributed by atoms with van der Waals surface area (Å²) in [6.07, 6.45) is 5.41. The van der Waals surface area contributed by atoms with Crippen LogP contribution in [0.3, 0.4) is 0 Å². The van der Waals surface area contributed by atoms with Gasteiger partial charge in [0.25, 0.3) is 0 Å². The Morgan fingerprint density at radius 3 is 2.90 bits per heavy atom. The third-order valence-corrected chi connectivity index (χ3v) is 2.91. The van der Waals surface area contributed by atoms with Gasteiger partial charge in [-0.2, -0.15) is 5.10 Å². The van der Waals surface area contributed by atoms with Crippen molar-refractivity contribution in [2.75, 3.05) is 5.32 Å². The predicted octanol–water partition coefficient (Wildman–Crippen LogP) is 2.58. The first-order valence-corrected chi connectivity index (χ1v) is 6.44. The number of hydrogen-bond donors (Lipinski definition) is 1. The molecular weight excluding hydrogens is 250 g/mol. The van der Waals surface area contributed by atoms with E-state index in [9.17, 15) is 0 Å². The number of pyridine rings is 2. The van der Waals surface area contributed by atoms with Crippen molar-refractivity contribution in [1.82, 2.24) is 19.7 Å². The lowest BCUT2D eigenvalue weighted by Crippen LogP contribution is -2.04. The maximum atomic E-state index is 4.42. The molecule has 0 bridgehead atoms. The number of aromatic nitrogens is 4. The second-order valence-electron chi connectivity index (χ2n) is 4.49. The minimum Gasteiger partial charge on any atom is -0.366 e. The monoisotopic (exact) mass is 265 g/mol. The van der Waals surface area contributed by atoms with Gasteiger partial charge in [0, 0.05) is 30.8 Å². The SMILES string of the molecule is Cc1cccc(NCc2ccnc(-n3cccn3)c2)n1. The number of nitrogens with one attached hydrogen (secondary N) is 1. The lowest BCUT2D eigenvalue weighted by atomic mass is 10.2. The highest BCUT2D eigenvalue weighted by molar-refractivity contribution is 5.37. The van der Waals surface area contributed by atoms with E-state index in [2.05, 4.69) is 20.4 Å². The van der Waals surface area contributed by atoms with Crippen molar-refractivity contribution in [3.63, 3.8) is 0 Å². The van der Waals surface area contributed by atoms with Crippen LogP contribution in [0.15, 0.2) is 55.0 Å². The van der Waals surface area contributed by atoms with Gasteiger partial charge in [-0.3, -0.25) is 0 Å². The van der Waals surface area contributed by atoms with Crippen LogP contribution < -0.4 is 5.32 Å². The quantitative estimate of drug-likeness (QED) is 0.787. The molecule has 0 aliphatic carbocycles. The van der Waals surface area contributed by atoms with E-state index in [4.69, 9.17) is 0 Å². The Bertz CT molecular complexity index is 691. The van der Waals surface area contributed by atoms with Gasteiger partial charge in [-0.1, -0.05) is 6.07 Å². The molecule has 3 aromatic rings. The van der Waals surface area contributed by atoms with Gasteiger partial charge in [0.05, 0.1) is 0 Å². The van der Waals surface area contributed by atoms with Crippen molar-refractivity contribution in [1.29, 1.82) is 0 Å². The van der Waals surface area contributed by atoms with E-state index in [1.54, 1.807) is 17.1 Å². The van der Waals surface area contributed by atoms with Crippen LogP contribution in [-0.4, -0.2) is 19.7 Å². The number of nitrogens with zero attached hydrogens (tertiary/aromatic N) is 4. The molecule has 0 radical (unpaired) electrons. The Balaban J connectivity index is 1.73. The Hall–Kier alpha value is -2.69. The normalized spacial score (nSPS) is 10.4. The molecule has 0 saturated carbocycles. The molecule has 0 fully saturated rings. The minimum atomic E-state index is 0.702. The van der Waals surface area contributed by atoms with Crippen molar-refractivity contribution >= 4 is 5.82 Å². The second kappa shape index (κ2) is 5.52. The van der Waals surface area contributed by atoms with Gasteiger partial charge in [-0.25, -0.2) is 14.6 Å². The molecular formula is C15H15N5. The minimum absolute atomic E-state index is 0.702. The van der Waals surface area contributed by atoms with Crippen LogP contribution in [0.1, 0.15) is 11.3 Å². The molecule has 0 unspecified atom stereocenters. The Kier molecular flexibility index (Phi) is 3.41. The van der Waals surface area contributed by atoms with Gasteiger partial charge in [0.1, 0.15) is 5.82 Å². The summed E-state index contributed by atoms with van der Waals surface area (Å²) in [6.45, 7) is 2.68. The number of anilines is 1. The van der Waals surface area contributed by atoms with Crippen molar-refractivity contribution in [3.8, 4) is 5.82 Å². The molecule has 3 heterocycles. The van der Waals surface area contributed by atoms with Crippen LogP contribution in [0.2, 0.25) is 0 Å². The average molecular weight is 265 g/mol. The molecule has 0 saturated heterocycles. The van der Waals surface area contributed by atoms with Gasteiger partial charge in [0.2, 0.25) is 0 Å². The van der Waals surface area contributed by atoms with Crippen LogP contribution in [0.25, 0.3) is 5.82 Å². The van der Waals surface area contributed by atoms with Crippen LogP contribution >= 0.6 is 0 Å². The first-order chi connectivity index (χ1) is 9.81.